The summed E-state index contributed by atoms with van der Waals surface area (Å²) in [7, 11) is 0. The average Bonchev–Trinajstić information content (AvgIpc) is 2.48. The van der Waals surface area contributed by atoms with Gasteiger partial charge in [0.25, 0.3) is 0 Å². The van der Waals surface area contributed by atoms with Crippen LogP contribution in [0.1, 0.15) is 38.2 Å². The van der Waals surface area contributed by atoms with E-state index in [9.17, 15) is 0 Å². The molecule has 1 heterocycles. The van der Waals surface area contributed by atoms with Gasteiger partial charge in [0, 0.05) is 23.2 Å². The van der Waals surface area contributed by atoms with Gasteiger partial charge in [0.2, 0.25) is 0 Å². The van der Waals surface area contributed by atoms with E-state index in [0.717, 1.165) is 48.6 Å². The summed E-state index contributed by atoms with van der Waals surface area (Å²) < 4.78 is 11.6. The molecule has 2 rings (SSSR count). The first kappa shape index (κ1) is 15.6. The number of halogens is 1. The second kappa shape index (κ2) is 7.87. The monoisotopic (exact) mass is 297 g/mol. The van der Waals surface area contributed by atoms with E-state index in [4.69, 9.17) is 26.8 Å². The molecule has 2 unspecified atom stereocenters. The van der Waals surface area contributed by atoms with Gasteiger partial charge in [0.15, 0.2) is 0 Å². The van der Waals surface area contributed by atoms with Crippen LogP contribution < -0.4 is 10.5 Å². The molecule has 1 aromatic rings. The van der Waals surface area contributed by atoms with Crippen molar-refractivity contribution in [3.63, 3.8) is 0 Å². The number of nitrogens with two attached hydrogens (primary N) is 1. The zero-order chi connectivity index (χ0) is 14.4. The van der Waals surface area contributed by atoms with Gasteiger partial charge in [0.1, 0.15) is 12.4 Å². The van der Waals surface area contributed by atoms with Gasteiger partial charge in [-0.25, -0.2) is 0 Å². The van der Waals surface area contributed by atoms with Gasteiger partial charge in [-0.15, -0.1) is 0 Å². The van der Waals surface area contributed by atoms with E-state index in [1.54, 1.807) is 0 Å². The second-order valence-corrected chi connectivity index (χ2v) is 5.80. The van der Waals surface area contributed by atoms with E-state index in [0.29, 0.717) is 6.61 Å². The molecule has 1 aromatic carbocycles. The van der Waals surface area contributed by atoms with E-state index < -0.39 is 0 Å². The van der Waals surface area contributed by atoms with E-state index in [1.165, 1.54) is 6.42 Å². The third-order valence-corrected chi connectivity index (χ3v) is 4.12. The highest BCUT2D eigenvalue weighted by Gasteiger charge is 2.17. The first-order valence-electron chi connectivity index (χ1n) is 7.48. The van der Waals surface area contributed by atoms with Crippen LogP contribution in [0.5, 0.6) is 5.75 Å². The minimum Gasteiger partial charge on any atom is -0.491 e. The van der Waals surface area contributed by atoms with E-state index in [2.05, 4.69) is 6.92 Å². The maximum Gasteiger partial charge on any atom is 0.124 e. The molecule has 112 valence electrons. The third-order valence-electron chi connectivity index (χ3n) is 3.77. The molecule has 2 atom stereocenters. The Morgan fingerprint density at radius 1 is 1.45 bits per heavy atom. The summed E-state index contributed by atoms with van der Waals surface area (Å²) in [6, 6.07) is 5.89. The molecule has 0 bridgehead atoms. The van der Waals surface area contributed by atoms with Gasteiger partial charge in [-0.3, -0.25) is 0 Å². The minimum atomic E-state index is 0.114. The lowest BCUT2D eigenvalue weighted by molar-refractivity contribution is -0.0112. The van der Waals surface area contributed by atoms with Crippen molar-refractivity contribution in [2.24, 2.45) is 5.73 Å². The molecule has 0 saturated carbocycles. The Balaban J connectivity index is 2.00. The Hall–Kier alpha value is -0.770. The lowest BCUT2D eigenvalue weighted by Crippen LogP contribution is -2.26. The predicted molar refractivity (Wildman–Crippen MR) is 82.5 cm³/mol. The fourth-order valence-corrected chi connectivity index (χ4v) is 2.64. The average molecular weight is 298 g/mol. The lowest BCUT2D eigenvalue weighted by Gasteiger charge is -2.23. The Kier molecular flexibility index (Phi) is 6.14. The topological polar surface area (TPSA) is 44.5 Å². The van der Waals surface area contributed by atoms with Crippen LogP contribution in [0.2, 0.25) is 5.02 Å². The number of benzene rings is 1. The normalized spacial score (nSPS) is 20.6. The van der Waals surface area contributed by atoms with E-state index in [1.807, 2.05) is 18.2 Å². The van der Waals surface area contributed by atoms with Crippen LogP contribution >= 0.6 is 11.6 Å². The van der Waals surface area contributed by atoms with Crippen molar-refractivity contribution >= 4 is 11.6 Å². The summed E-state index contributed by atoms with van der Waals surface area (Å²) in [6.07, 6.45) is 5.33. The maximum absolute atomic E-state index is 6.29. The lowest BCUT2D eigenvalue weighted by atomic mass is 10.0. The highest BCUT2D eigenvalue weighted by molar-refractivity contribution is 6.31. The molecule has 1 saturated heterocycles. The molecular weight excluding hydrogens is 274 g/mol. The zero-order valence-electron chi connectivity index (χ0n) is 12.1. The molecule has 0 amide bonds. The van der Waals surface area contributed by atoms with Gasteiger partial charge < -0.3 is 15.2 Å². The van der Waals surface area contributed by atoms with E-state index in [-0.39, 0.29) is 12.1 Å². The van der Waals surface area contributed by atoms with E-state index >= 15 is 0 Å². The summed E-state index contributed by atoms with van der Waals surface area (Å²) >= 11 is 6.29. The van der Waals surface area contributed by atoms with Gasteiger partial charge in [-0.2, -0.15) is 0 Å². The van der Waals surface area contributed by atoms with Crippen molar-refractivity contribution in [1.82, 2.24) is 0 Å². The molecule has 20 heavy (non-hydrogen) atoms. The fourth-order valence-electron chi connectivity index (χ4n) is 2.40. The summed E-state index contributed by atoms with van der Waals surface area (Å²) in [5.41, 5.74) is 7.06. The van der Waals surface area contributed by atoms with Crippen LogP contribution in [0.15, 0.2) is 18.2 Å². The molecule has 0 spiro atoms. The van der Waals surface area contributed by atoms with Gasteiger partial charge in [-0.05, 0) is 44.2 Å². The van der Waals surface area contributed by atoms with Crippen LogP contribution in [-0.2, 0) is 11.2 Å². The summed E-state index contributed by atoms with van der Waals surface area (Å²) in [5.74, 6) is 0.843. The number of hydrogen-bond acceptors (Lipinski definition) is 3. The molecule has 0 radical (unpaired) electrons. The number of ether oxygens (including phenoxy) is 2. The molecule has 0 aromatic heterocycles. The fraction of sp³-hybridized carbons (Fsp3) is 0.625. The Morgan fingerprint density at radius 2 is 2.30 bits per heavy atom. The Morgan fingerprint density at radius 3 is 3.00 bits per heavy atom. The van der Waals surface area contributed by atoms with Crippen molar-refractivity contribution in [2.75, 3.05) is 13.2 Å². The van der Waals surface area contributed by atoms with Crippen molar-refractivity contribution in [2.45, 2.75) is 51.2 Å². The Labute approximate surface area is 126 Å². The summed E-state index contributed by atoms with van der Waals surface area (Å²) in [5, 5.41) is 0.732. The predicted octanol–water partition coefficient (Wildman–Crippen LogP) is 3.57. The largest absolute Gasteiger partial charge is 0.491 e. The molecule has 2 N–H and O–H groups in total. The quantitative estimate of drug-likeness (QED) is 0.873. The summed E-state index contributed by atoms with van der Waals surface area (Å²) in [6.45, 7) is 3.52. The van der Waals surface area contributed by atoms with Crippen LogP contribution in [-0.4, -0.2) is 25.4 Å². The maximum atomic E-state index is 6.29. The van der Waals surface area contributed by atoms with Crippen molar-refractivity contribution in [1.29, 1.82) is 0 Å². The van der Waals surface area contributed by atoms with Crippen LogP contribution in [0.3, 0.4) is 0 Å². The first-order chi connectivity index (χ1) is 9.70. The molecule has 0 aliphatic carbocycles. The van der Waals surface area contributed by atoms with Crippen molar-refractivity contribution in [3.05, 3.63) is 28.8 Å². The summed E-state index contributed by atoms with van der Waals surface area (Å²) in [4.78, 5) is 0. The van der Waals surface area contributed by atoms with Crippen molar-refractivity contribution in [3.8, 4) is 5.75 Å². The van der Waals surface area contributed by atoms with Crippen LogP contribution in [0.25, 0.3) is 0 Å². The number of hydrogen-bond donors (Lipinski definition) is 1. The standard InChI is InChI=1S/C16H24ClNO2/c1-2-12(18)10-14-15(17)7-5-8-16(14)20-11-13-6-3-4-9-19-13/h5,7-8,12-13H,2-4,6,9-11,18H2,1H3. The molecule has 1 aliphatic heterocycles. The number of rotatable bonds is 6. The Bertz CT molecular complexity index is 419. The molecule has 1 aliphatic rings. The zero-order valence-corrected chi connectivity index (χ0v) is 12.9. The smallest absolute Gasteiger partial charge is 0.124 e. The van der Waals surface area contributed by atoms with Crippen LogP contribution in [0, 0.1) is 0 Å². The molecule has 4 heteroatoms. The minimum absolute atomic E-state index is 0.114. The van der Waals surface area contributed by atoms with Gasteiger partial charge in [0.05, 0.1) is 6.10 Å². The van der Waals surface area contributed by atoms with Crippen LogP contribution in [0.4, 0.5) is 0 Å². The second-order valence-electron chi connectivity index (χ2n) is 5.39. The first-order valence-corrected chi connectivity index (χ1v) is 7.86. The molecule has 3 nitrogen and oxygen atoms in total. The highest BCUT2D eigenvalue weighted by Crippen LogP contribution is 2.28. The highest BCUT2D eigenvalue weighted by atomic mass is 35.5. The van der Waals surface area contributed by atoms with Gasteiger partial charge >= 0.3 is 0 Å². The molecular formula is C16H24ClNO2. The van der Waals surface area contributed by atoms with Gasteiger partial charge in [-0.1, -0.05) is 24.6 Å². The third kappa shape index (κ3) is 4.37. The van der Waals surface area contributed by atoms with Crippen molar-refractivity contribution < 1.29 is 9.47 Å². The SMILES string of the molecule is CCC(N)Cc1c(Cl)cccc1OCC1CCCCO1. The molecule has 1 fully saturated rings.